The Kier molecular flexibility index (Phi) is 4.10. The monoisotopic (exact) mass is 248 g/mol. The lowest BCUT2D eigenvalue weighted by Gasteiger charge is -2.17. The average molecular weight is 248 g/mol. The van der Waals surface area contributed by atoms with E-state index in [4.69, 9.17) is 14.2 Å². The molecular formula is C14H18NO3. The molecule has 0 fully saturated rings. The van der Waals surface area contributed by atoms with Crippen LogP contribution in [0, 0.1) is 0 Å². The van der Waals surface area contributed by atoms with Crippen molar-refractivity contribution < 1.29 is 14.2 Å². The Morgan fingerprint density at radius 1 is 1.00 bits per heavy atom. The Balaban J connectivity index is 2.45. The van der Waals surface area contributed by atoms with Crippen molar-refractivity contribution in [1.82, 2.24) is 5.32 Å². The van der Waals surface area contributed by atoms with Gasteiger partial charge < -0.3 is 14.2 Å². The summed E-state index contributed by atoms with van der Waals surface area (Å²) < 4.78 is 16.0. The summed E-state index contributed by atoms with van der Waals surface area (Å²) >= 11 is 0. The highest BCUT2D eigenvalue weighted by Crippen LogP contribution is 2.40. The number of hydrogen-bond acceptors (Lipinski definition) is 3. The van der Waals surface area contributed by atoms with Crippen LogP contribution in [0.15, 0.2) is 18.2 Å². The molecule has 0 bridgehead atoms. The molecule has 1 aromatic rings. The van der Waals surface area contributed by atoms with Crippen molar-refractivity contribution in [3.8, 4) is 17.2 Å². The molecule has 4 heteroatoms. The van der Waals surface area contributed by atoms with Gasteiger partial charge >= 0.3 is 0 Å². The Labute approximate surface area is 108 Å². The molecule has 1 aliphatic rings. The topological polar surface area (TPSA) is 41.8 Å². The van der Waals surface area contributed by atoms with E-state index in [1.165, 1.54) is 5.57 Å². The second kappa shape index (κ2) is 5.78. The van der Waals surface area contributed by atoms with Gasteiger partial charge in [-0.25, -0.2) is 5.32 Å². The summed E-state index contributed by atoms with van der Waals surface area (Å²) in [6.07, 6.45) is 3.10. The van der Waals surface area contributed by atoms with Crippen LogP contribution in [-0.4, -0.2) is 34.4 Å². The van der Waals surface area contributed by atoms with Crippen LogP contribution in [0.3, 0.4) is 0 Å². The molecule has 2 rings (SSSR count). The van der Waals surface area contributed by atoms with Crippen LogP contribution < -0.4 is 19.5 Å². The SMILES string of the molecule is COc1cc(C2=CC[N]CC2)cc(OC)c1OC. The molecule has 0 saturated heterocycles. The summed E-state index contributed by atoms with van der Waals surface area (Å²) in [4.78, 5) is 0. The second-order valence-corrected chi connectivity index (χ2v) is 4.02. The van der Waals surface area contributed by atoms with Crippen LogP contribution >= 0.6 is 0 Å². The van der Waals surface area contributed by atoms with E-state index in [9.17, 15) is 0 Å². The fourth-order valence-electron chi connectivity index (χ4n) is 2.10. The van der Waals surface area contributed by atoms with Crippen LogP contribution in [0.1, 0.15) is 12.0 Å². The van der Waals surface area contributed by atoms with E-state index in [0.29, 0.717) is 17.2 Å². The first kappa shape index (κ1) is 12.8. The van der Waals surface area contributed by atoms with Crippen molar-refractivity contribution in [2.45, 2.75) is 6.42 Å². The maximum Gasteiger partial charge on any atom is 0.203 e. The largest absolute Gasteiger partial charge is 0.493 e. The summed E-state index contributed by atoms with van der Waals surface area (Å²) in [7, 11) is 4.87. The minimum absolute atomic E-state index is 0.629. The molecule has 1 aliphatic heterocycles. The van der Waals surface area contributed by atoms with Crippen molar-refractivity contribution in [2.24, 2.45) is 0 Å². The Bertz CT molecular complexity index is 429. The first-order valence-electron chi connectivity index (χ1n) is 5.92. The lowest BCUT2D eigenvalue weighted by molar-refractivity contribution is 0.324. The van der Waals surface area contributed by atoms with E-state index in [-0.39, 0.29) is 0 Å². The van der Waals surface area contributed by atoms with Crippen molar-refractivity contribution >= 4 is 5.57 Å². The normalized spacial score (nSPS) is 14.9. The lowest BCUT2D eigenvalue weighted by atomic mass is 9.99. The van der Waals surface area contributed by atoms with Crippen molar-refractivity contribution in [3.63, 3.8) is 0 Å². The number of methoxy groups -OCH3 is 3. The van der Waals surface area contributed by atoms with E-state index in [2.05, 4.69) is 11.4 Å². The van der Waals surface area contributed by atoms with Gasteiger partial charge in [0.25, 0.3) is 0 Å². The van der Waals surface area contributed by atoms with E-state index in [0.717, 1.165) is 25.1 Å². The summed E-state index contributed by atoms with van der Waals surface area (Å²) in [6, 6.07) is 3.97. The minimum atomic E-state index is 0.629. The van der Waals surface area contributed by atoms with Gasteiger partial charge in [-0.05, 0) is 29.7 Å². The van der Waals surface area contributed by atoms with E-state index >= 15 is 0 Å². The molecule has 1 aromatic carbocycles. The predicted molar refractivity (Wildman–Crippen MR) is 70.6 cm³/mol. The van der Waals surface area contributed by atoms with Crippen LogP contribution in [0.2, 0.25) is 0 Å². The van der Waals surface area contributed by atoms with Crippen LogP contribution in [-0.2, 0) is 0 Å². The van der Waals surface area contributed by atoms with Gasteiger partial charge in [0.2, 0.25) is 5.75 Å². The molecule has 0 atom stereocenters. The maximum absolute atomic E-state index is 5.35. The molecule has 1 radical (unpaired) electrons. The fraction of sp³-hybridized carbons (Fsp3) is 0.429. The molecule has 0 amide bonds. The highest BCUT2D eigenvalue weighted by Gasteiger charge is 2.15. The second-order valence-electron chi connectivity index (χ2n) is 4.02. The number of ether oxygens (including phenoxy) is 3. The van der Waals surface area contributed by atoms with Gasteiger partial charge in [0, 0.05) is 13.1 Å². The zero-order chi connectivity index (χ0) is 13.0. The van der Waals surface area contributed by atoms with Crippen molar-refractivity contribution in [3.05, 3.63) is 23.8 Å². The number of rotatable bonds is 4. The standard InChI is InChI=1S/C14H18NO3/c1-16-12-8-11(10-4-6-15-7-5-10)9-13(17-2)14(12)18-3/h4,8-9H,5-7H2,1-3H3. The van der Waals surface area contributed by atoms with Crippen LogP contribution in [0.5, 0.6) is 17.2 Å². The van der Waals surface area contributed by atoms with Gasteiger partial charge in [-0.3, -0.25) is 0 Å². The predicted octanol–water partition coefficient (Wildman–Crippen LogP) is 2.10. The van der Waals surface area contributed by atoms with Gasteiger partial charge in [-0.2, -0.15) is 0 Å². The van der Waals surface area contributed by atoms with E-state index in [1.807, 2.05) is 12.1 Å². The summed E-state index contributed by atoms with van der Waals surface area (Å²) in [5, 5.41) is 4.31. The number of nitrogens with zero attached hydrogens (tertiary/aromatic N) is 1. The van der Waals surface area contributed by atoms with E-state index < -0.39 is 0 Å². The molecule has 0 spiro atoms. The quantitative estimate of drug-likeness (QED) is 0.819. The van der Waals surface area contributed by atoms with Gasteiger partial charge in [0.15, 0.2) is 11.5 Å². The molecule has 0 unspecified atom stereocenters. The summed E-state index contributed by atoms with van der Waals surface area (Å²) in [5.41, 5.74) is 2.39. The average Bonchev–Trinajstić information content (AvgIpc) is 2.46. The highest BCUT2D eigenvalue weighted by molar-refractivity contribution is 5.71. The molecule has 0 saturated carbocycles. The first-order valence-corrected chi connectivity index (χ1v) is 5.92. The summed E-state index contributed by atoms with van der Waals surface area (Å²) in [6.45, 7) is 1.66. The molecule has 0 aliphatic carbocycles. The fourth-order valence-corrected chi connectivity index (χ4v) is 2.10. The van der Waals surface area contributed by atoms with Crippen molar-refractivity contribution in [2.75, 3.05) is 34.4 Å². The lowest BCUT2D eigenvalue weighted by Crippen LogP contribution is -2.13. The molecule has 18 heavy (non-hydrogen) atoms. The molecule has 97 valence electrons. The molecule has 0 aromatic heterocycles. The Morgan fingerprint density at radius 2 is 1.67 bits per heavy atom. The third-order valence-corrected chi connectivity index (χ3v) is 3.04. The third-order valence-electron chi connectivity index (χ3n) is 3.04. The summed E-state index contributed by atoms with van der Waals surface area (Å²) in [5.74, 6) is 2.01. The highest BCUT2D eigenvalue weighted by atomic mass is 16.5. The number of hydrogen-bond donors (Lipinski definition) is 0. The number of benzene rings is 1. The minimum Gasteiger partial charge on any atom is -0.493 e. The van der Waals surface area contributed by atoms with E-state index in [1.54, 1.807) is 21.3 Å². The van der Waals surface area contributed by atoms with Gasteiger partial charge in [0.1, 0.15) is 0 Å². The zero-order valence-electron chi connectivity index (χ0n) is 11.0. The third kappa shape index (κ3) is 2.43. The Morgan fingerprint density at radius 3 is 2.11 bits per heavy atom. The zero-order valence-corrected chi connectivity index (χ0v) is 11.0. The molecule has 4 nitrogen and oxygen atoms in total. The first-order chi connectivity index (χ1) is 8.80. The Hall–Kier alpha value is -1.68. The molecular weight excluding hydrogens is 230 g/mol. The van der Waals surface area contributed by atoms with Crippen molar-refractivity contribution in [1.29, 1.82) is 0 Å². The van der Waals surface area contributed by atoms with Gasteiger partial charge in [0.05, 0.1) is 21.3 Å². The molecule has 1 heterocycles. The molecule has 0 N–H and O–H groups in total. The van der Waals surface area contributed by atoms with Gasteiger partial charge in [-0.15, -0.1) is 0 Å². The van der Waals surface area contributed by atoms with Crippen LogP contribution in [0.25, 0.3) is 5.57 Å². The van der Waals surface area contributed by atoms with Gasteiger partial charge in [-0.1, -0.05) is 6.08 Å². The smallest absolute Gasteiger partial charge is 0.203 e. The maximum atomic E-state index is 5.35. The van der Waals surface area contributed by atoms with Crippen LogP contribution in [0.4, 0.5) is 0 Å².